The molecule has 0 radical (unpaired) electrons. The van der Waals surface area contributed by atoms with Gasteiger partial charge in [-0.1, -0.05) is 0 Å². The molecule has 1 rings (SSSR count). The SMILES string of the molecule is CC(=O)NNC(=O)C[NH+](C)CC(=O)Nc1ccc(OC(F)(F)F)cc1. The van der Waals surface area contributed by atoms with E-state index in [0.717, 1.165) is 12.1 Å². The summed E-state index contributed by atoms with van der Waals surface area (Å²) >= 11 is 0. The van der Waals surface area contributed by atoms with Crippen LogP contribution in [0, 0.1) is 0 Å². The van der Waals surface area contributed by atoms with Gasteiger partial charge in [0.1, 0.15) is 5.75 Å². The maximum Gasteiger partial charge on any atom is 0.573 e. The zero-order valence-corrected chi connectivity index (χ0v) is 13.5. The number of ether oxygens (including phenoxy) is 1. The van der Waals surface area contributed by atoms with Gasteiger partial charge < -0.3 is 15.0 Å². The third-order valence-electron chi connectivity index (χ3n) is 2.67. The van der Waals surface area contributed by atoms with E-state index in [2.05, 4.69) is 20.9 Å². The highest BCUT2D eigenvalue weighted by Crippen LogP contribution is 2.23. The normalized spacial score (nSPS) is 12.0. The Hall–Kier alpha value is -2.82. The molecule has 25 heavy (non-hydrogen) atoms. The number of hydrazine groups is 1. The number of rotatable bonds is 6. The standard InChI is InChI=1S/C14H17F3N4O4/c1-9(22)19-20-13(24)8-21(2)7-12(23)18-10-3-5-11(6-4-10)25-14(15,16)17/h3-6H,7-8H2,1-2H3,(H,18,23)(H,19,22)(H,20,24)/p+1. The Bertz CT molecular complexity index is 619. The molecule has 1 aromatic rings. The quantitative estimate of drug-likeness (QED) is 0.498. The number of carbonyl (C=O) groups excluding carboxylic acids is 3. The number of benzene rings is 1. The van der Waals surface area contributed by atoms with Crippen molar-refractivity contribution in [2.24, 2.45) is 0 Å². The molecule has 1 aromatic carbocycles. The van der Waals surface area contributed by atoms with Gasteiger partial charge in [0.25, 0.3) is 11.8 Å². The Kier molecular flexibility index (Phi) is 7.18. The zero-order valence-electron chi connectivity index (χ0n) is 13.5. The molecule has 3 amide bonds. The van der Waals surface area contributed by atoms with Crippen molar-refractivity contribution in [1.29, 1.82) is 0 Å². The van der Waals surface area contributed by atoms with Crippen molar-refractivity contribution < 1.29 is 37.2 Å². The minimum Gasteiger partial charge on any atom is -0.406 e. The van der Waals surface area contributed by atoms with Gasteiger partial charge in [-0.05, 0) is 24.3 Å². The average Bonchev–Trinajstić information content (AvgIpc) is 2.45. The number of amides is 3. The third-order valence-corrected chi connectivity index (χ3v) is 2.67. The summed E-state index contributed by atoms with van der Waals surface area (Å²) in [6.45, 7) is 1.11. The molecule has 0 aliphatic carbocycles. The number of likely N-dealkylation sites (N-methyl/N-ethyl adjacent to an activating group) is 1. The summed E-state index contributed by atoms with van der Waals surface area (Å²) in [6, 6.07) is 4.66. The Labute approximate surface area is 141 Å². The van der Waals surface area contributed by atoms with Gasteiger partial charge >= 0.3 is 6.36 Å². The summed E-state index contributed by atoms with van der Waals surface area (Å²) in [4.78, 5) is 34.5. The number of alkyl halides is 3. The molecule has 1 atom stereocenters. The lowest BCUT2D eigenvalue weighted by molar-refractivity contribution is -0.862. The Morgan fingerprint density at radius 1 is 1.04 bits per heavy atom. The van der Waals surface area contributed by atoms with Crippen LogP contribution in [0.1, 0.15) is 6.92 Å². The lowest BCUT2D eigenvalue weighted by atomic mass is 10.3. The van der Waals surface area contributed by atoms with Crippen LogP contribution in [0.25, 0.3) is 0 Å². The van der Waals surface area contributed by atoms with Crippen LogP contribution in [-0.2, 0) is 14.4 Å². The topological polar surface area (TPSA) is 101 Å². The maximum atomic E-state index is 12.0. The molecule has 0 fully saturated rings. The number of anilines is 1. The van der Waals surface area contributed by atoms with E-state index in [1.807, 2.05) is 0 Å². The molecular weight excluding hydrogens is 345 g/mol. The van der Waals surface area contributed by atoms with E-state index in [4.69, 9.17) is 0 Å². The number of nitrogens with one attached hydrogen (secondary N) is 4. The summed E-state index contributed by atoms with van der Waals surface area (Å²) in [5.74, 6) is -1.74. The fourth-order valence-electron chi connectivity index (χ4n) is 1.76. The fraction of sp³-hybridized carbons (Fsp3) is 0.357. The fourth-order valence-corrected chi connectivity index (χ4v) is 1.76. The van der Waals surface area contributed by atoms with E-state index in [-0.39, 0.29) is 18.8 Å². The van der Waals surface area contributed by atoms with Crippen LogP contribution >= 0.6 is 0 Å². The molecule has 0 spiro atoms. The van der Waals surface area contributed by atoms with Crippen molar-refractivity contribution in [3.63, 3.8) is 0 Å². The van der Waals surface area contributed by atoms with Crippen LogP contribution < -0.4 is 25.8 Å². The minimum atomic E-state index is -4.78. The first-order chi connectivity index (χ1) is 11.5. The van der Waals surface area contributed by atoms with Gasteiger partial charge in [0, 0.05) is 12.6 Å². The van der Waals surface area contributed by atoms with E-state index in [0.29, 0.717) is 4.90 Å². The molecule has 0 saturated heterocycles. The monoisotopic (exact) mass is 363 g/mol. The number of hydrogen-bond donors (Lipinski definition) is 4. The third kappa shape index (κ3) is 9.15. The highest BCUT2D eigenvalue weighted by atomic mass is 19.4. The number of carbonyl (C=O) groups is 3. The molecule has 0 aliphatic heterocycles. The lowest BCUT2D eigenvalue weighted by Gasteiger charge is -2.14. The predicted molar refractivity (Wildman–Crippen MR) is 80.3 cm³/mol. The van der Waals surface area contributed by atoms with Crippen molar-refractivity contribution in [3.05, 3.63) is 24.3 Å². The Morgan fingerprint density at radius 2 is 1.60 bits per heavy atom. The van der Waals surface area contributed by atoms with E-state index in [9.17, 15) is 27.6 Å². The summed E-state index contributed by atoms with van der Waals surface area (Å²) in [5, 5.41) is 2.49. The molecule has 0 aliphatic rings. The molecule has 138 valence electrons. The van der Waals surface area contributed by atoms with Crippen LogP contribution in [0.15, 0.2) is 24.3 Å². The first-order valence-electron chi connectivity index (χ1n) is 7.07. The molecule has 0 aromatic heterocycles. The molecule has 1 unspecified atom stereocenters. The summed E-state index contributed by atoms with van der Waals surface area (Å²) < 4.78 is 39.9. The molecular formula is C14H18F3N4O4+. The van der Waals surface area contributed by atoms with Crippen LogP contribution in [-0.4, -0.2) is 44.2 Å². The van der Waals surface area contributed by atoms with Gasteiger partial charge in [-0.3, -0.25) is 25.2 Å². The van der Waals surface area contributed by atoms with Crippen LogP contribution in [0.2, 0.25) is 0 Å². The molecule has 8 nitrogen and oxygen atoms in total. The van der Waals surface area contributed by atoms with Crippen LogP contribution in [0.5, 0.6) is 5.75 Å². The first kappa shape index (κ1) is 20.2. The maximum absolute atomic E-state index is 12.0. The minimum absolute atomic E-state index is 0.0612. The van der Waals surface area contributed by atoms with E-state index < -0.39 is 29.8 Å². The highest BCUT2D eigenvalue weighted by molar-refractivity contribution is 5.91. The largest absolute Gasteiger partial charge is 0.573 e. The molecule has 0 saturated carbocycles. The highest BCUT2D eigenvalue weighted by Gasteiger charge is 2.31. The molecule has 11 heteroatoms. The van der Waals surface area contributed by atoms with Gasteiger partial charge in [0.2, 0.25) is 5.91 Å². The number of halogens is 3. The summed E-state index contributed by atoms with van der Waals surface area (Å²) in [7, 11) is 1.59. The lowest BCUT2D eigenvalue weighted by Crippen LogP contribution is -3.11. The second-order valence-electron chi connectivity index (χ2n) is 5.16. The average molecular weight is 363 g/mol. The Morgan fingerprint density at radius 3 is 2.12 bits per heavy atom. The van der Waals surface area contributed by atoms with Crippen LogP contribution in [0.4, 0.5) is 18.9 Å². The van der Waals surface area contributed by atoms with Gasteiger partial charge in [0.05, 0.1) is 7.05 Å². The number of hydrogen-bond acceptors (Lipinski definition) is 4. The second-order valence-corrected chi connectivity index (χ2v) is 5.16. The Balaban J connectivity index is 2.43. The molecule has 0 heterocycles. The second kappa shape index (κ2) is 8.87. The number of quaternary nitrogens is 1. The van der Waals surface area contributed by atoms with Crippen LogP contribution in [0.3, 0.4) is 0 Å². The van der Waals surface area contributed by atoms with Gasteiger partial charge in [0.15, 0.2) is 13.1 Å². The van der Waals surface area contributed by atoms with Crippen molar-refractivity contribution in [2.75, 3.05) is 25.5 Å². The molecule has 4 N–H and O–H groups in total. The van der Waals surface area contributed by atoms with Crippen molar-refractivity contribution >= 4 is 23.4 Å². The van der Waals surface area contributed by atoms with Crippen molar-refractivity contribution in [2.45, 2.75) is 13.3 Å². The first-order valence-corrected chi connectivity index (χ1v) is 7.07. The molecule has 0 bridgehead atoms. The van der Waals surface area contributed by atoms with Crippen molar-refractivity contribution in [3.8, 4) is 5.75 Å². The van der Waals surface area contributed by atoms with E-state index in [1.165, 1.54) is 19.1 Å². The summed E-state index contributed by atoms with van der Waals surface area (Å²) in [5.41, 5.74) is 4.57. The summed E-state index contributed by atoms with van der Waals surface area (Å²) in [6.07, 6.45) is -4.78. The van der Waals surface area contributed by atoms with E-state index >= 15 is 0 Å². The zero-order chi connectivity index (χ0) is 19.0. The van der Waals surface area contributed by atoms with E-state index in [1.54, 1.807) is 7.05 Å². The van der Waals surface area contributed by atoms with Gasteiger partial charge in [-0.2, -0.15) is 0 Å². The predicted octanol–water partition coefficient (Wildman–Crippen LogP) is -0.794. The smallest absolute Gasteiger partial charge is 0.406 e. The van der Waals surface area contributed by atoms with Gasteiger partial charge in [-0.15, -0.1) is 13.2 Å². The van der Waals surface area contributed by atoms with Crippen molar-refractivity contribution in [1.82, 2.24) is 10.9 Å². The van der Waals surface area contributed by atoms with Gasteiger partial charge in [-0.25, -0.2) is 0 Å².